The van der Waals surface area contributed by atoms with Gasteiger partial charge in [0.15, 0.2) is 15.7 Å². The highest BCUT2D eigenvalue weighted by Gasteiger charge is 2.32. The Bertz CT molecular complexity index is 1420. The minimum atomic E-state index is -3.69. The van der Waals surface area contributed by atoms with E-state index in [9.17, 15) is 13.5 Å². The molecule has 0 bridgehead atoms. The molecule has 4 heterocycles. The van der Waals surface area contributed by atoms with E-state index in [-0.39, 0.29) is 10.8 Å². The van der Waals surface area contributed by atoms with Gasteiger partial charge in [-0.15, -0.1) is 17.9 Å². The second-order valence-electron chi connectivity index (χ2n) is 8.37. The summed E-state index contributed by atoms with van der Waals surface area (Å²) in [7, 11) is -1.67. The quantitative estimate of drug-likeness (QED) is 0.394. The van der Waals surface area contributed by atoms with E-state index in [0.29, 0.717) is 24.3 Å². The standard InChI is InChI=1S/C24H25N5O3S2/c1-3-22(29-10-8-28(2)9-11-29)34(31,32)17-5-7-20(25-13-17)23-18-12-16(21-14-33-15-26-21)4-6-19(18)27-24(23)30/h3-7,12-15,22,27,30H,1,8-11H2,2H3. The van der Waals surface area contributed by atoms with Crippen LogP contribution in [0.3, 0.4) is 0 Å². The first-order valence-corrected chi connectivity index (χ1v) is 13.4. The number of H-pyrrole nitrogens is 1. The molecular weight excluding hydrogens is 470 g/mol. The van der Waals surface area contributed by atoms with Crippen LogP contribution in [-0.2, 0) is 9.84 Å². The molecule has 10 heteroatoms. The van der Waals surface area contributed by atoms with Crippen LogP contribution in [0, 0.1) is 0 Å². The first-order chi connectivity index (χ1) is 16.4. The number of aromatic nitrogens is 3. The third-order valence-corrected chi connectivity index (χ3v) is 8.86. The lowest BCUT2D eigenvalue weighted by molar-refractivity contribution is 0.154. The second kappa shape index (κ2) is 8.95. The highest BCUT2D eigenvalue weighted by molar-refractivity contribution is 7.92. The molecule has 1 unspecified atom stereocenters. The number of aromatic hydroxyl groups is 1. The van der Waals surface area contributed by atoms with Crippen molar-refractivity contribution in [2.75, 3.05) is 33.2 Å². The molecule has 0 amide bonds. The zero-order valence-electron chi connectivity index (χ0n) is 18.7. The van der Waals surface area contributed by atoms with E-state index in [4.69, 9.17) is 0 Å². The lowest BCUT2D eigenvalue weighted by Crippen LogP contribution is -2.50. The molecule has 1 aromatic carbocycles. The molecule has 0 radical (unpaired) electrons. The summed E-state index contributed by atoms with van der Waals surface area (Å²) in [5.41, 5.74) is 5.31. The Morgan fingerprint density at radius 2 is 1.94 bits per heavy atom. The molecule has 34 heavy (non-hydrogen) atoms. The van der Waals surface area contributed by atoms with Gasteiger partial charge >= 0.3 is 0 Å². The van der Waals surface area contributed by atoms with Crippen LogP contribution >= 0.6 is 11.3 Å². The molecule has 8 nitrogen and oxygen atoms in total. The van der Waals surface area contributed by atoms with E-state index in [0.717, 1.165) is 35.2 Å². The summed E-state index contributed by atoms with van der Waals surface area (Å²) in [5.74, 6) is -0.0186. The van der Waals surface area contributed by atoms with Gasteiger partial charge in [-0.3, -0.25) is 9.88 Å². The molecular formula is C24H25N5O3S2. The minimum Gasteiger partial charge on any atom is -0.494 e. The number of thiazole rings is 1. The molecule has 1 saturated heterocycles. The number of nitrogens with one attached hydrogen (secondary N) is 1. The molecule has 5 rings (SSSR count). The van der Waals surface area contributed by atoms with Crippen LogP contribution in [0.4, 0.5) is 0 Å². The summed E-state index contributed by atoms with van der Waals surface area (Å²) in [6.45, 7) is 6.70. The summed E-state index contributed by atoms with van der Waals surface area (Å²) < 4.78 is 26.7. The second-order valence-corrected chi connectivity index (χ2v) is 11.1. The monoisotopic (exact) mass is 495 g/mol. The van der Waals surface area contributed by atoms with Gasteiger partial charge in [-0.05, 0) is 31.3 Å². The Labute approximate surface area is 202 Å². The number of pyridine rings is 1. The number of hydrogen-bond donors (Lipinski definition) is 2. The van der Waals surface area contributed by atoms with E-state index in [1.165, 1.54) is 23.6 Å². The molecule has 0 spiro atoms. The first-order valence-electron chi connectivity index (χ1n) is 10.9. The van der Waals surface area contributed by atoms with Gasteiger partial charge < -0.3 is 15.0 Å². The maximum atomic E-state index is 13.4. The maximum absolute atomic E-state index is 13.4. The van der Waals surface area contributed by atoms with Crippen molar-refractivity contribution in [1.82, 2.24) is 24.8 Å². The van der Waals surface area contributed by atoms with Gasteiger partial charge in [0, 0.05) is 54.2 Å². The number of rotatable bonds is 6. The normalized spacial score (nSPS) is 16.6. The van der Waals surface area contributed by atoms with Gasteiger partial charge in [-0.25, -0.2) is 13.4 Å². The zero-order valence-corrected chi connectivity index (χ0v) is 20.3. The van der Waals surface area contributed by atoms with Crippen LogP contribution in [-0.4, -0.2) is 76.9 Å². The third-order valence-electron chi connectivity index (χ3n) is 6.25. The van der Waals surface area contributed by atoms with E-state index in [1.54, 1.807) is 17.6 Å². The van der Waals surface area contributed by atoms with Gasteiger partial charge in [0.25, 0.3) is 0 Å². The third kappa shape index (κ3) is 4.03. The fraction of sp³-hybridized carbons (Fsp3) is 0.250. The Morgan fingerprint density at radius 3 is 2.59 bits per heavy atom. The van der Waals surface area contributed by atoms with Crippen LogP contribution in [0.2, 0.25) is 0 Å². The summed E-state index contributed by atoms with van der Waals surface area (Å²) in [5, 5.41) is 12.5. The average Bonchev–Trinajstić information content (AvgIpc) is 3.48. The first kappa shape index (κ1) is 22.7. The lowest BCUT2D eigenvalue weighted by atomic mass is 10.1. The molecule has 3 aromatic heterocycles. The van der Waals surface area contributed by atoms with E-state index in [1.807, 2.05) is 35.5 Å². The van der Waals surface area contributed by atoms with Crippen molar-refractivity contribution < 1.29 is 13.5 Å². The highest BCUT2D eigenvalue weighted by Crippen LogP contribution is 2.38. The Kier molecular flexibility index (Phi) is 5.98. The molecule has 1 aliphatic heterocycles. The van der Waals surface area contributed by atoms with Crippen molar-refractivity contribution >= 4 is 32.1 Å². The molecule has 176 valence electrons. The number of sulfone groups is 1. The van der Waals surface area contributed by atoms with Gasteiger partial charge in [-0.1, -0.05) is 12.1 Å². The van der Waals surface area contributed by atoms with Crippen molar-refractivity contribution in [2.24, 2.45) is 0 Å². The predicted octanol–water partition coefficient (Wildman–Crippen LogP) is 3.59. The van der Waals surface area contributed by atoms with Crippen LogP contribution in [0.1, 0.15) is 0 Å². The Hall–Kier alpha value is -3.05. The highest BCUT2D eigenvalue weighted by atomic mass is 32.2. The van der Waals surface area contributed by atoms with E-state index >= 15 is 0 Å². The number of hydrogen-bond acceptors (Lipinski definition) is 8. The van der Waals surface area contributed by atoms with Crippen molar-refractivity contribution in [3.05, 3.63) is 60.1 Å². The summed E-state index contributed by atoms with van der Waals surface area (Å²) in [4.78, 5) is 16.0. The molecule has 4 aromatic rings. The van der Waals surface area contributed by atoms with Crippen LogP contribution in [0.25, 0.3) is 33.4 Å². The Balaban J connectivity index is 1.49. The number of fused-ring (bicyclic) bond motifs is 1. The number of piperazine rings is 1. The summed E-state index contributed by atoms with van der Waals surface area (Å²) in [6.07, 6.45) is 2.85. The molecule has 1 atom stereocenters. The van der Waals surface area contributed by atoms with Crippen molar-refractivity contribution in [2.45, 2.75) is 10.3 Å². The van der Waals surface area contributed by atoms with Gasteiger partial charge in [0.1, 0.15) is 5.37 Å². The fourth-order valence-corrected chi connectivity index (χ4v) is 6.49. The minimum absolute atomic E-state index is 0.0186. The van der Waals surface area contributed by atoms with Crippen molar-refractivity contribution in [3.63, 3.8) is 0 Å². The predicted molar refractivity (Wildman–Crippen MR) is 135 cm³/mol. The molecule has 2 N–H and O–H groups in total. The molecule has 1 fully saturated rings. The van der Waals surface area contributed by atoms with Crippen LogP contribution in [0.15, 0.2) is 65.0 Å². The lowest BCUT2D eigenvalue weighted by Gasteiger charge is -2.36. The molecule has 1 aliphatic rings. The van der Waals surface area contributed by atoms with Crippen LogP contribution in [0.5, 0.6) is 5.88 Å². The Morgan fingerprint density at radius 1 is 1.15 bits per heavy atom. The van der Waals surface area contributed by atoms with Crippen LogP contribution < -0.4 is 0 Å². The SMILES string of the molecule is C=CC(N1CCN(C)CC1)S(=O)(=O)c1ccc(-c2c(O)[nH]c3ccc(-c4cscn4)cc23)nc1. The van der Waals surface area contributed by atoms with Gasteiger partial charge in [0.05, 0.1) is 27.4 Å². The van der Waals surface area contributed by atoms with Gasteiger partial charge in [0.2, 0.25) is 0 Å². The van der Waals surface area contributed by atoms with E-state index < -0.39 is 15.2 Å². The number of aromatic amines is 1. The summed E-state index contributed by atoms with van der Waals surface area (Å²) >= 11 is 1.51. The summed E-state index contributed by atoms with van der Waals surface area (Å²) in [6, 6.07) is 8.95. The number of nitrogens with zero attached hydrogens (tertiary/aromatic N) is 4. The zero-order chi connectivity index (χ0) is 23.9. The van der Waals surface area contributed by atoms with Crippen molar-refractivity contribution in [3.8, 4) is 28.4 Å². The molecule has 0 aliphatic carbocycles. The molecule has 0 saturated carbocycles. The number of benzene rings is 1. The maximum Gasteiger partial charge on any atom is 0.199 e. The van der Waals surface area contributed by atoms with Crippen molar-refractivity contribution in [1.29, 1.82) is 0 Å². The topological polar surface area (TPSA) is 102 Å². The average molecular weight is 496 g/mol. The van der Waals surface area contributed by atoms with Gasteiger partial charge in [-0.2, -0.15) is 0 Å². The number of likely N-dealkylation sites (N-methyl/N-ethyl adjacent to an activating group) is 1. The van der Waals surface area contributed by atoms with E-state index in [2.05, 4.69) is 26.4 Å². The largest absolute Gasteiger partial charge is 0.494 e. The fourth-order valence-electron chi connectivity index (χ4n) is 4.34. The smallest absolute Gasteiger partial charge is 0.199 e.